The number of thioether (sulfide) groups is 1. The van der Waals surface area contributed by atoms with Crippen molar-refractivity contribution in [2.24, 2.45) is 0 Å². The molecular weight excluding hydrogens is 384 g/mol. The van der Waals surface area contributed by atoms with Crippen LogP contribution in [0.5, 0.6) is 0 Å². The summed E-state index contributed by atoms with van der Waals surface area (Å²) >= 11 is 1.69. The first kappa shape index (κ1) is 21.5. The summed E-state index contributed by atoms with van der Waals surface area (Å²) in [6, 6.07) is 12.0. The third kappa shape index (κ3) is 4.86. The summed E-state index contributed by atoms with van der Waals surface area (Å²) in [6.45, 7) is 9.76. The van der Waals surface area contributed by atoms with Crippen molar-refractivity contribution in [2.45, 2.75) is 50.2 Å². The van der Waals surface area contributed by atoms with E-state index in [0.717, 1.165) is 12.0 Å². The largest absolute Gasteiger partial charge is 0.459 e. The molecule has 0 unspecified atom stereocenters. The maximum absolute atomic E-state index is 12.7. The summed E-state index contributed by atoms with van der Waals surface area (Å²) in [6.07, 6.45) is 2.22. The molecule has 0 aliphatic carbocycles. The number of hydrogen-bond donors (Lipinski definition) is 0. The SMILES string of the molecule is C[C@H]1S[C@H](c2ccc(C(C)(C)C)cc2)N(CCCN(C)C(=O)c2ccco2)C1=O. The van der Waals surface area contributed by atoms with E-state index in [1.54, 1.807) is 35.8 Å². The van der Waals surface area contributed by atoms with E-state index in [9.17, 15) is 9.59 Å². The molecule has 6 heteroatoms. The molecule has 29 heavy (non-hydrogen) atoms. The standard InChI is InChI=1S/C23H30N2O3S/c1-16-20(26)25(14-7-13-24(5)21(27)19-8-6-15-28-19)22(29-16)17-9-11-18(12-10-17)23(2,3)4/h6,8-12,15-16,22H,7,13-14H2,1-5H3/t16-,22-/m1/s1. The van der Waals surface area contributed by atoms with E-state index >= 15 is 0 Å². The summed E-state index contributed by atoms with van der Waals surface area (Å²) in [4.78, 5) is 28.6. The fourth-order valence-corrected chi connectivity index (χ4v) is 4.78. The van der Waals surface area contributed by atoms with Gasteiger partial charge >= 0.3 is 0 Å². The van der Waals surface area contributed by atoms with Crippen LogP contribution in [0, 0.1) is 0 Å². The van der Waals surface area contributed by atoms with Crippen molar-refractivity contribution in [3.63, 3.8) is 0 Å². The van der Waals surface area contributed by atoms with Gasteiger partial charge in [-0.3, -0.25) is 9.59 Å². The van der Waals surface area contributed by atoms with Gasteiger partial charge in [0.2, 0.25) is 5.91 Å². The van der Waals surface area contributed by atoms with Crippen LogP contribution in [0.2, 0.25) is 0 Å². The first-order valence-electron chi connectivity index (χ1n) is 10.0. The molecule has 0 radical (unpaired) electrons. The molecule has 1 aliphatic heterocycles. The van der Waals surface area contributed by atoms with E-state index in [2.05, 4.69) is 45.0 Å². The number of amides is 2. The molecule has 1 aromatic carbocycles. The summed E-state index contributed by atoms with van der Waals surface area (Å²) in [5.41, 5.74) is 2.55. The molecule has 2 atom stereocenters. The number of carbonyl (C=O) groups is 2. The third-order valence-electron chi connectivity index (χ3n) is 5.28. The minimum atomic E-state index is -0.139. The molecule has 2 heterocycles. The van der Waals surface area contributed by atoms with Gasteiger partial charge < -0.3 is 14.2 Å². The third-order valence-corrected chi connectivity index (χ3v) is 6.67. The topological polar surface area (TPSA) is 53.8 Å². The van der Waals surface area contributed by atoms with E-state index in [1.165, 1.54) is 11.8 Å². The number of benzene rings is 1. The number of hydrogen-bond acceptors (Lipinski definition) is 4. The molecule has 3 rings (SSSR count). The second-order valence-corrected chi connectivity index (χ2v) is 10.0. The van der Waals surface area contributed by atoms with E-state index in [0.29, 0.717) is 18.8 Å². The zero-order valence-corrected chi connectivity index (χ0v) is 18.7. The molecular formula is C23H30N2O3S. The quantitative estimate of drug-likeness (QED) is 0.687. The van der Waals surface area contributed by atoms with Crippen LogP contribution in [0.1, 0.15) is 61.2 Å². The molecule has 2 aromatic rings. The minimum absolute atomic E-state index is 0.0256. The molecule has 0 N–H and O–H groups in total. The Morgan fingerprint density at radius 3 is 2.48 bits per heavy atom. The van der Waals surface area contributed by atoms with Gasteiger partial charge in [-0.25, -0.2) is 0 Å². The molecule has 5 nitrogen and oxygen atoms in total. The lowest BCUT2D eigenvalue weighted by molar-refractivity contribution is -0.129. The summed E-state index contributed by atoms with van der Waals surface area (Å²) in [7, 11) is 1.76. The van der Waals surface area contributed by atoms with Crippen LogP contribution in [0.15, 0.2) is 47.1 Å². The van der Waals surface area contributed by atoms with Crippen LogP contribution in [-0.4, -0.2) is 47.0 Å². The van der Waals surface area contributed by atoms with Crippen molar-refractivity contribution in [1.29, 1.82) is 0 Å². The summed E-state index contributed by atoms with van der Waals surface area (Å²) in [5, 5.41) is -0.0256. The van der Waals surface area contributed by atoms with Gasteiger partial charge in [-0.2, -0.15) is 0 Å². The predicted octanol–water partition coefficient (Wildman–Crippen LogP) is 4.70. The van der Waals surface area contributed by atoms with Gasteiger partial charge in [0.15, 0.2) is 5.76 Å². The fraction of sp³-hybridized carbons (Fsp3) is 0.478. The van der Waals surface area contributed by atoms with Gasteiger partial charge in [0, 0.05) is 20.1 Å². The smallest absolute Gasteiger partial charge is 0.289 e. The zero-order valence-electron chi connectivity index (χ0n) is 17.8. The molecule has 1 aromatic heterocycles. The number of furan rings is 1. The predicted molar refractivity (Wildman–Crippen MR) is 117 cm³/mol. The Kier molecular flexibility index (Phi) is 6.42. The van der Waals surface area contributed by atoms with Crippen LogP contribution in [0.25, 0.3) is 0 Å². The van der Waals surface area contributed by atoms with Crippen LogP contribution < -0.4 is 0 Å². The normalized spacial score (nSPS) is 19.6. The Balaban J connectivity index is 1.63. The van der Waals surface area contributed by atoms with Crippen molar-refractivity contribution >= 4 is 23.6 Å². The Morgan fingerprint density at radius 1 is 1.21 bits per heavy atom. The zero-order chi connectivity index (χ0) is 21.2. The molecule has 156 valence electrons. The average Bonchev–Trinajstić information content (AvgIpc) is 3.31. The number of carbonyl (C=O) groups excluding carboxylic acids is 2. The second-order valence-electron chi connectivity index (χ2n) is 8.59. The Morgan fingerprint density at radius 2 is 1.90 bits per heavy atom. The monoisotopic (exact) mass is 414 g/mol. The lowest BCUT2D eigenvalue weighted by atomic mass is 9.86. The van der Waals surface area contributed by atoms with E-state index < -0.39 is 0 Å². The highest BCUT2D eigenvalue weighted by Gasteiger charge is 2.38. The van der Waals surface area contributed by atoms with E-state index in [-0.39, 0.29) is 27.9 Å². The summed E-state index contributed by atoms with van der Waals surface area (Å²) in [5.74, 6) is 0.366. The second kappa shape index (κ2) is 8.66. The minimum Gasteiger partial charge on any atom is -0.459 e. The first-order chi connectivity index (χ1) is 13.7. The maximum Gasteiger partial charge on any atom is 0.289 e. The Bertz CT molecular complexity index is 840. The highest BCUT2D eigenvalue weighted by molar-refractivity contribution is 8.01. The van der Waals surface area contributed by atoms with Crippen LogP contribution in [0.3, 0.4) is 0 Å². The molecule has 1 fully saturated rings. The van der Waals surface area contributed by atoms with Gasteiger partial charge in [-0.1, -0.05) is 45.0 Å². The van der Waals surface area contributed by atoms with Gasteiger partial charge in [0.1, 0.15) is 5.37 Å². The van der Waals surface area contributed by atoms with Gasteiger partial charge in [-0.05, 0) is 42.0 Å². The number of nitrogens with zero attached hydrogens (tertiary/aromatic N) is 2. The first-order valence-corrected chi connectivity index (χ1v) is 11.0. The summed E-state index contributed by atoms with van der Waals surface area (Å²) < 4.78 is 5.18. The molecule has 2 amide bonds. The number of rotatable bonds is 6. The highest BCUT2D eigenvalue weighted by atomic mass is 32.2. The Labute approximate surface area is 177 Å². The van der Waals surface area contributed by atoms with Gasteiger partial charge in [0.05, 0.1) is 11.5 Å². The van der Waals surface area contributed by atoms with Crippen molar-refractivity contribution in [3.05, 3.63) is 59.5 Å². The van der Waals surface area contributed by atoms with Crippen LogP contribution in [0.4, 0.5) is 0 Å². The van der Waals surface area contributed by atoms with Crippen LogP contribution >= 0.6 is 11.8 Å². The van der Waals surface area contributed by atoms with Crippen LogP contribution in [-0.2, 0) is 10.2 Å². The van der Waals surface area contributed by atoms with E-state index in [1.807, 2.05) is 11.8 Å². The van der Waals surface area contributed by atoms with Crippen molar-refractivity contribution in [2.75, 3.05) is 20.1 Å². The highest BCUT2D eigenvalue weighted by Crippen LogP contribution is 2.43. The maximum atomic E-state index is 12.7. The van der Waals surface area contributed by atoms with E-state index in [4.69, 9.17) is 4.42 Å². The van der Waals surface area contributed by atoms with Gasteiger partial charge in [0.25, 0.3) is 5.91 Å². The van der Waals surface area contributed by atoms with Crippen molar-refractivity contribution in [1.82, 2.24) is 9.80 Å². The lowest BCUT2D eigenvalue weighted by Crippen LogP contribution is -2.34. The van der Waals surface area contributed by atoms with Crippen molar-refractivity contribution in [3.8, 4) is 0 Å². The lowest BCUT2D eigenvalue weighted by Gasteiger charge is -2.26. The van der Waals surface area contributed by atoms with Gasteiger partial charge in [-0.15, -0.1) is 11.8 Å². The molecule has 0 bridgehead atoms. The van der Waals surface area contributed by atoms with Crippen molar-refractivity contribution < 1.29 is 14.0 Å². The molecule has 0 spiro atoms. The molecule has 1 aliphatic rings. The average molecular weight is 415 g/mol. The fourth-order valence-electron chi connectivity index (χ4n) is 3.48. The Hall–Kier alpha value is -2.21. The molecule has 1 saturated heterocycles. The molecule has 0 saturated carbocycles.